The Morgan fingerprint density at radius 2 is 1.96 bits per heavy atom. The number of nitrogens with zero attached hydrogens (tertiary/aromatic N) is 1. The second-order valence-corrected chi connectivity index (χ2v) is 9.68. The maximum atomic E-state index is 13.5. The Balaban J connectivity index is 1.71. The summed E-state index contributed by atoms with van der Waals surface area (Å²) in [7, 11) is -1.79. The highest BCUT2D eigenvalue weighted by Gasteiger charge is 2.21. The number of rotatable bonds is 9. The van der Waals surface area contributed by atoms with Gasteiger partial charge >= 0.3 is 0 Å². The second-order valence-electron chi connectivity index (χ2n) is 7.36. The Bertz CT molecular complexity index is 762. The van der Waals surface area contributed by atoms with Crippen LogP contribution < -0.4 is 14.8 Å². The van der Waals surface area contributed by atoms with E-state index < -0.39 is 21.1 Å². The molecule has 0 atom stereocenters. The Hall–Kier alpha value is -1.71. The zero-order chi connectivity index (χ0) is 20.7. The molecule has 2 rings (SSSR count). The summed E-state index contributed by atoms with van der Waals surface area (Å²) >= 11 is 0. The lowest BCUT2D eigenvalue weighted by Gasteiger charge is -2.32. The van der Waals surface area contributed by atoms with E-state index in [1.54, 1.807) is 13.8 Å². The monoisotopic (exact) mass is 415 g/mol. The van der Waals surface area contributed by atoms with E-state index in [9.17, 15) is 17.6 Å². The molecule has 0 bridgehead atoms. The van der Waals surface area contributed by atoms with Crippen molar-refractivity contribution in [3.05, 3.63) is 29.6 Å². The van der Waals surface area contributed by atoms with Gasteiger partial charge in [-0.25, -0.2) is 17.5 Å². The molecule has 158 valence electrons. The van der Waals surface area contributed by atoms with E-state index in [1.165, 1.54) is 25.3 Å². The molecule has 1 amide bonds. The van der Waals surface area contributed by atoms with Crippen molar-refractivity contribution in [3.63, 3.8) is 0 Å². The highest BCUT2D eigenvalue weighted by Crippen LogP contribution is 2.18. The average molecular weight is 416 g/mol. The van der Waals surface area contributed by atoms with E-state index in [-0.39, 0.29) is 11.5 Å². The number of carbonyl (C=O) groups excluding carboxylic acids is 1. The molecule has 1 aromatic rings. The number of ether oxygens (including phenoxy) is 1. The molecule has 0 saturated carbocycles. The van der Waals surface area contributed by atoms with Gasteiger partial charge in [-0.1, -0.05) is 0 Å². The van der Waals surface area contributed by atoms with Crippen LogP contribution in [0.2, 0.25) is 0 Å². The molecule has 0 spiro atoms. The smallest absolute Gasteiger partial charge is 0.251 e. The molecule has 1 saturated heterocycles. The van der Waals surface area contributed by atoms with Crippen LogP contribution in [0.5, 0.6) is 5.75 Å². The first-order chi connectivity index (χ1) is 13.2. The minimum absolute atomic E-state index is 0.242. The molecule has 0 unspecified atom stereocenters. The van der Waals surface area contributed by atoms with Gasteiger partial charge < -0.3 is 15.0 Å². The molecule has 2 N–H and O–H groups in total. The summed E-state index contributed by atoms with van der Waals surface area (Å²) in [5, 5.41) is 2.44. The van der Waals surface area contributed by atoms with Gasteiger partial charge in [0.15, 0.2) is 0 Å². The minimum atomic E-state index is -3.22. The maximum Gasteiger partial charge on any atom is 0.251 e. The number of sulfonamides is 1. The van der Waals surface area contributed by atoms with Crippen LogP contribution in [0.4, 0.5) is 4.39 Å². The topological polar surface area (TPSA) is 87.7 Å². The van der Waals surface area contributed by atoms with Crippen LogP contribution in [-0.2, 0) is 10.0 Å². The van der Waals surface area contributed by atoms with Crippen LogP contribution >= 0.6 is 0 Å². The summed E-state index contributed by atoms with van der Waals surface area (Å²) in [6.07, 6.45) is 1.84. The second kappa shape index (κ2) is 10.2. The summed E-state index contributed by atoms with van der Waals surface area (Å²) in [5.74, 6) is -0.163. The quantitative estimate of drug-likeness (QED) is 0.640. The molecule has 7 nitrogen and oxygen atoms in total. The fraction of sp³-hybridized carbons (Fsp3) is 0.632. The third-order valence-corrected chi connectivity index (χ3v) is 6.83. The largest absolute Gasteiger partial charge is 0.497 e. The number of methoxy groups -OCH3 is 1. The van der Waals surface area contributed by atoms with Gasteiger partial charge in [0.2, 0.25) is 10.0 Å². The zero-order valence-electron chi connectivity index (χ0n) is 16.7. The summed E-state index contributed by atoms with van der Waals surface area (Å²) < 4.78 is 44.6. The van der Waals surface area contributed by atoms with Crippen molar-refractivity contribution in [2.75, 3.05) is 39.8 Å². The van der Waals surface area contributed by atoms with Gasteiger partial charge in [0, 0.05) is 31.3 Å². The molecule has 1 aliphatic heterocycles. The van der Waals surface area contributed by atoms with E-state index in [2.05, 4.69) is 14.9 Å². The molecule has 9 heteroatoms. The Kier molecular flexibility index (Phi) is 8.21. The zero-order valence-corrected chi connectivity index (χ0v) is 17.5. The first-order valence-corrected chi connectivity index (χ1v) is 11.1. The molecule has 1 heterocycles. The average Bonchev–Trinajstić information content (AvgIpc) is 2.66. The first kappa shape index (κ1) is 22.6. The van der Waals surface area contributed by atoms with Crippen LogP contribution in [-0.4, -0.2) is 64.3 Å². The first-order valence-electron chi connectivity index (χ1n) is 9.55. The fourth-order valence-electron chi connectivity index (χ4n) is 3.08. The van der Waals surface area contributed by atoms with Crippen molar-refractivity contribution < 1.29 is 22.3 Å². The van der Waals surface area contributed by atoms with Crippen LogP contribution in [0.15, 0.2) is 18.2 Å². The van der Waals surface area contributed by atoms with E-state index in [1.807, 2.05) is 0 Å². The van der Waals surface area contributed by atoms with Crippen molar-refractivity contribution in [3.8, 4) is 5.75 Å². The molecule has 28 heavy (non-hydrogen) atoms. The van der Waals surface area contributed by atoms with Gasteiger partial charge in [0.25, 0.3) is 5.91 Å². The molecular formula is C19H30FN3O4S. The number of likely N-dealkylation sites (tertiary alicyclic amines) is 1. The van der Waals surface area contributed by atoms with Crippen LogP contribution in [0.25, 0.3) is 0 Å². The molecular weight excluding hydrogens is 385 g/mol. The van der Waals surface area contributed by atoms with Crippen LogP contribution in [0.1, 0.15) is 37.0 Å². The molecule has 1 aliphatic rings. The number of piperidine rings is 1. The fourth-order valence-corrected chi connectivity index (χ4v) is 3.79. The third kappa shape index (κ3) is 6.72. The van der Waals surface area contributed by atoms with E-state index in [0.717, 1.165) is 25.9 Å². The predicted octanol–water partition coefficient (Wildman–Crippen LogP) is 1.60. The lowest BCUT2D eigenvalue weighted by Crippen LogP contribution is -2.42. The molecule has 0 radical (unpaired) electrons. The maximum absolute atomic E-state index is 13.5. The third-order valence-electron chi connectivity index (χ3n) is 4.98. The van der Waals surface area contributed by atoms with Gasteiger partial charge in [-0.2, -0.15) is 0 Å². The van der Waals surface area contributed by atoms with Gasteiger partial charge in [0.05, 0.1) is 12.4 Å². The number of amides is 1. The number of halogens is 1. The Labute approximate surface area is 166 Å². The SMILES string of the molecule is COc1cc(F)cc(C(=O)NCC2CCN(CCNS(=O)(=O)C(C)C)CC2)c1. The molecule has 1 fully saturated rings. The van der Waals surface area contributed by atoms with E-state index in [0.29, 0.717) is 31.3 Å². The van der Waals surface area contributed by atoms with Crippen LogP contribution in [0, 0.1) is 11.7 Å². The Morgan fingerprint density at radius 1 is 1.29 bits per heavy atom. The summed E-state index contributed by atoms with van der Waals surface area (Å²) in [6, 6.07) is 3.94. The highest BCUT2D eigenvalue weighted by molar-refractivity contribution is 7.90. The van der Waals surface area contributed by atoms with Gasteiger partial charge in [-0.05, 0) is 57.8 Å². The normalized spacial score (nSPS) is 16.3. The van der Waals surface area contributed by atoms with Crippen molar-refractivity contribution in [1.82, 2.24) is 14.9 Å². The molecule has 1 aromatic carbocycles. The number of hydrogen-bond acceptors (Lipinski definition) is 5. The molecule has 0 aromatic heterocycles. The number of nitrogens with one attached hydrogen (secondary N) is 2. The van der Waals surface area contributed by atoms with Crippen molar-refractivity contribution >= 4 is 15.9 Å². The van der Waals surface area contributed by atoms with Gasteiger partial charge in [0.1, 0.15) is 11.6 Å². The Morgan fingerprint density at radius 3 is 2.57 bits per heavy atom. The van der Waals surface area contributed by atoms with E-state index in [4.69, 9.17) is 4.74 Å². The summed E-state index contributed by atoms with van der Waals surface area (Å²) in [4.78, 5) is 14.5. The lowest BCUT2D eigenvalue weighted by molar-refractivity contribution is 0.0935. The van der Waals surface area contributed by atoms with Gasteiger partial charge in [-0.15, -0.1) is 0 Å². The summed E-state index contributed by atoms with van der Waals surface area (Å²) in [5.41, 5.74) is 0.242. The van der Waals surface area contributed by atoms with Gasteiger partial charge in [-0.3, -0.25) is 4.79 Å². The van der Waals surface area contributed by atoms with E-state index >= 15 is 0 Å². The number of hydrogen-bond donors (Lipinski definition) is 2. The predicted molar refractivity (Wildman–Crippen MR) is 107 cm³/mol. The lowest BCUT2D eigenvalue weighted by atomic mass is 9.96. The summed E-state index contributed by atoms with van der Waals surface area (Å²) in [6.45, 7) is 6.64. The standard InChI is InChI=1S/C19H30FN3O4S/c1-14(2)28(25,26)22-6-9-23-7-4-15(5-8-23)13-21-19(24)16-10-17(20)12-18(11-16)27-3/h10-12,14-15,22H,4-9,13H2,1-3H3,(H,21,24). The molecule has 0 aliphatic carbocycles. The van der Waals surface area contributed by atoms with Crippen LogP contribution in [0.3, 0.4) is 0 Å². The van der Waals surface area contributed by atoms with Crippen molar-refractivity contribution in [1.29, 1.82) is 0 Å². The number of carbonyl (C=O) groups is 1. The number of benzene rings is 1. The minimum Gasteiger partial charge on any atom is -0.497 e. The van der Waals surface area contributed by atoms with Crippen molar-refractivity contribution in [2.45, 2.75) is 31.9 Å². The van der Waals surface area contributed by atoms with Crippen molar-refractivity contribution in [2.24, 2.45) is 5.92 Å². The highest BCUT2D eigenvalue weighted by atomic mass is 32.2.